The molecule has 1 atom stereocenters. The molecule has 0 bridgehead atoms. The SMILES string of the molecule is O=C1NCCN2CCN(C(=O)c3n[nH]c4c3CCCC4)CC12. The standard InChI is InChI=1S/C15H21N5O2/c21-14-12-9-20(8-7-19(12)6-5-16-14)15(22)13-10-3-1-2-4-11(10)17-18-13/h12H,1-9H2,(H,16,21)(H,17,18). The van der Waals surface area contributed by atoms with Gasteiger partial charge < -0.3 is 10.2 Å². The molecule has 2 fully saturated rings. The van der Waals surface area contributed by atoms with Gasteiger partial charge in [0.2, 0.25) is 5.91 Å². The van der Waals surface area contributed by atoms with Crippen molar-refractivity contribution in [3.8, 4) is 0 Å². The van der Waals surface area contributed by atoms with Gasteiger partial charge >= 0.3 is 0 Å². The van der Waals surface area contributed by atoms with Crippen LogP contribution in [0.1, 0.15) is 34.6 Å². The summed E-state index contributed by atoms with van der Waals surface area (Å²) in [6.45, 7) is 3.47. The fourth-order valence-electron chi connectivity index (χ4n) is 3.77. The summed E-state index contributed by atoms with van der Waals surface area (Å²) in [6, 6.07) is -0.207. The average Bonchev–Trinajstić information content (AvgIpc) is 2.98. The molecule has 1 aliphatic carbocycles. The Hall–Kier alpha value is -1.89. The van der Waals surface area contributed by atoms with Gasteiger partial charge in [0.15, 0.2) is 5.69 Å². The van der Waals surface area contributed by atoms with Gasteiger partial charge in [-0.2, -0.15) is 5.10 Å². The second-order valence-corrected chi connectivity index (χ2v) is 6.33. The summed E-state index contributed by atoms with van der Waals surface area (Å²) in [5.41, 5.74) is 2.77. The molecule has 2 N–H and O–H groups in total. The molecule has 3 heterocycles. The van der Waals surface area contributed by atoms with Crippen LogP contribution in [-0.4, -0.2) is 70.6 Å². The molecule has 0 aromatic carbocycles. The molecule has 1 unspecified atom stereocenters. The van der Waals surface area contributed by atoms with E-state index >= 15 is 0 Å². The lowest BCUT2D eigenvalue weighted by Crippen LogP contribution is -2.64. The van der Waals surface area contributed by atoms with Crippen molar-refractivity contribution in [2.45, 2.75) is 31.7 Å². The number of H-pyrrole nitrogens is 1. The highest BCUT2D eigenvalue weighted by Gasteiger charge is 2.37. The molecule has 2 amide bonds. The maximum absolute atomic E-state index is 12.8. The van der Waals surface area contributed by atoms with Crippen molar-refractivity contribution in [3.05, 3.63) is 17.0 Å². The molecular formula is C15H21N5O2. The minimum absolute atomic E-state index is 0.0302. The quantitative estimate of drug-likeness (QED) is 0.736. The molecule has 2 aliphatic heterocycles. The number of fused-ring (bicyclic) bond motifs is 2. The highest BCUT2D eigenvalue weighted by molar-refractivity contribution is 5.95. The Balaban J connectivity index is 1.53. The minimum atomic E-state index is -0.207. The van der Waals surface area contributed by atoms with Crippen LogP contribution in [0.25, 0.3) is 0 Å². The third-order valence-electron chi connectivity index (χ3n) is 5.04. The van der Waals surface area contributed by atoms with E-state index in [9.17, 15) is 9.59 Å². The number of nitrogens with one attached hydrogen (secondary N) is 2. The first-order valence-electron chi connectivity index (χ1n) is 8.11. The highest BCUT2D eigenvalue weighted by atomic mass is 16.2. The van der Waals surface area contributed by atoms with E-state index in [1.165, 1.54) is 0 Å². The Morgan fingerprint density at radius 1 is 1.18 bits per heavy atom. The van der Waals surface area contributed by atoms with Crippen LogP contribution in [0.5, 0.6) is 0 Å². The molecule has 4 rings (SSSR count). The number of carbonyl (C=O) groups excluding carboxylic acids is 2. The number of aromatic amines is 1. The number of nitrogens with zero attached hydrogens (tertiary/aromatic N) is 3. The van der Waals surface area contributed by atoms with Crippen LogP contribution in [0, 0.1) is 0 Å². The number of hydrogen-bond acceptors (Lipinski definition) is 4. The van der Waals surface area contributed by atoms with Crippen molar-refractivity contribution in [3.63, 3.8) is 0 Å². The van der Waals surface area contributed by atoms with Crippen molar-refractivity contribution in [1.82, 2.24) is 25.3 Å². The van der Waals surface area contributed by atoms with Gasteiger partial charge in [-0.05, 0) is 25.7 Å². The topological polar surface area (TPSA) is 81.3 Å². The normalized spacial score (nSPS) is 25.4. The largest absolute Gasteiger partial charge is 0.353 e. The zero-order valence-corrected chi connectivity index (χ0v) is 12.6. The molecule has 7 nitrogen and oxygen atoms in total. The number of aryl methyl sites for hydroxylation is 1. The molecule has 22 heavy (non-hydrogen) atoms. The minimum Gasteiger partial charge on any atom is -0.353 e. The summed E-state index contributed by atoms with van der Waals surface area (Å²) in [5, 5.41) is 10.2. The Labute approximate surface area is 129 Å². The fraction of sp³-hybridized carbons (Fsp3) is 0.667. The van der Waals surface area contributed by atoms with Gasteiger partial charge in [-0.3, -0.25) is 19.6 Å². The van der Waals surface area contributed by atoms with Gasteiger partial charge in [-0.25, -0.2) is 0 Å². The molecule has 7 heteroatoms. The molecular weight excluding hydrogens is 282 g/mol. The maximum Gasteiger partial charge on any atom is 0.274 e. The molecule has 1 aromatic rings. The lowest BCUT2D eigenvalue weighted by atomic mass is 9.95. The molecule has 0 saturated carbocycles. The van der Waals surface area contributed by atoms with Crippen LogP contribution in [0.3, 0.4) is 0 Å². The second-order valence-electron chi connectivity index (χ2n) is 6.33. The van der Waals surface area contributed by atoms with E-state index in [1.807, 2.05) is 0 Å². The predicted molar refractivity (Wildman–Crippen MR) is 79.5 cm³/mol. The van der Waals surface area contributed by atoms with Crippen LogP contribution in [0.15, 0.2) is 0 Å². The van der Waals surface area contributed by atoms with Gasteiger partial charge in [0.1, 0.15) is 6.04 Å². The number of aromatic nitrogens is 2. The summed E-state index contributed by atoms with van der Waals surface area (Å²) < 4.78 is 0. The van der Waals surface area contributed by atoms with Crippen LogP contribution < -0.4 is 5.32 Å². The van der Waals surface area contributed by atoms with Gasteiger partial charge in [0.05, 0.1) is 0 Å². The zero-order chi connectivity index (χ0) is 15.1. The van der Waals surface area contributed by atoms with Gasteiger partial charge in [-0.15, -0.1) is 0 Å². The fourth-order valence-corrected chi connectivity index (χ4v) is 3.77. The first-order chi connectivity index (χ1) is 10.7. The molecule has 2 saturated heterocycles. The first kappa shape index (κ1) is 13.8. The van der Waals surface area contributed by atoms with Crippen LogP contribution in [0.4, 0.5) is 0 Å². The van der Waals surface area contributed by atoms with E-state index in [4.69, 9.17) is 0 Å². The van der Waals surface area contributed by atoms with Crippen LogP contribution in [-0.2, 0) is 17.6 Å². The van der Waals surface area contributed by atoms with Crippen molar-refractivity contribution in [2.75, 3.05) is 32.7 Å². The second kappa shape index (κ2) is 5.39. The van der Waals surface area contributed by atoms with Gasteiger partial charge in [0.25, 0.3) is 5.91 Å². The summed E-state index contributed by atoms with van der Waals surface area (Å²) in [6.07, 6.45) is 4.18. The number of hydrogen-bond donors (Lipinski definition) is 2. The lowest BCUT2D eigenvalue weighted by molar-refractivity contribution is -0.131. The first-order valence-corrected chi connectivity index (χ1v) is 8.11. The predicted octanol–water partition coefficient (Wildman–Crippen LogP) is -0.455. The van der Waals surface area contributed by atoms with Crippen molar-refractivity contribution >= 4 is 11.8 Å². The van der Waals surface area contributed by atoms with E-state index in [2.05, 4.69) is 20.4 Å². The third kappa shape index (κ3) is 2.20. The molecule has 1 aromatic heterocycles. The smallest absolute Gasteiger partial charge is 0.274 e. The monoisotopic (exact) mass is 303 g/mol. The van der Waals surface area contributed by atoms with E-state index in [0.717, 1.165) is 50.0 Å². The Kier molecular flexibility index (Phi) is 3.37. The number of piperazine rings is 2. The van der Waals surface area contributed by atoms with Gasteiger partial charge in [0, 0.05) is 44.0 Å². The Morgan fingerprint density at radius 2 is 2.05 bits per heavy atom. The molecule has 0 spiro atoms. The maximum atomic E-state index is 12.8. The van der Waals surface area contributed by atoms with E-state index in [0.29, 0.717) is 25.3 Å². The summed E-state index contributed by atoms with van der Waals surface area (Å²) in [5.74, 6) is 0.00484. The van der Waals surface area contributed by atoms with Gasteiger partial charge in [-0.1, -0.05) is 0 Å². The zero-order valence-electron chi connectivity index (χ0n) is 12.6. The number of carbonyl (C=O) groups is 2. The number of amides is 2. The van der Waals surface area contributed by atoms with Crippen LogP contribution >= 0.6 is 0 Å². The molecule has 118 valence electrons. The van der Waals surface area contributed by atoms with Crippen molar-refractivity contribution in [2.24, 2.45) is 0 Å². The van der Waals surface area contributed by atoms with E-state index < -0.39 is 0 Å². The van der Waals surface area contributed by atoms with E-state index in [1.54, 1.807) is 4.90 Å². The van der Waals surface area contributed by atoms with Crippen LogP contribution in [0.2, 0.25) is 0 Å². The summed E-state index contributed by atoms with van der Waals surface area (Å²) in [4.78, 5) is 28.8. The Bertz CT molecular complexity index is 611. The Morgan fingerprint density at radius 3 is 2.95 bits per heavy atom. The lowest BCUT2D eigenvalue weighted by Gasteiger charge is -2.42. The van der Waals surface area contributed by atoms with Crippen molar-refractivity contribution < 1.29 is 9.59 Å². The molecule has 0 radical (unpaired) electrons. The summed E-state index contributed by atoms with van der Waals surface area (Å²) >= 11 is 0. The molecule has 3 aliphatic rings. The number of rotatable bonds is 1. The van der Waals surface area contributed by atoms with Crippen molar-refractivity contribution in [1.29, 1.82) is 0 Å². The third-order valence-corrected chi connectivity index (χ3v) is 5.04. The average molecular weight is 303 g/mol. The highest BCUT2D eigenvalue weighted by Crippen LogP contribution is 2.24. The summed E-state index contributed by atoms with van der Waals surface area (Å²) in [7, 11) is 0. The van der Waals surface area contributed by atoms with E-state index in [-0.39, 0.29) is 17.9 Å².